The van der Waals surface area contributed by atoms with E-state index in [2.05, 4.69) is 6.58 Å². The van der Waals surface area contributed by atoms with Gasteiger partial charge in [-0.1, -0.05) is 24.8 Å². The molecule has 74 valence electrons. The fraction of sp³-hybridized carbons (Fsp3) is 0.100. The molecule has 0 aliphatic carbocycles. The van der Waals surface area contributed by atoms with E-state index in [1.165, 1.54) is 5.01 Å². The highest BCUT2D eigenvalue weighted by atomic mass is 16.1. The first kappa shape index (κ1) is 10.3. The minimum atomic E-state index is -0.542. The topological polar surface area (TPSA) is 72.4 Å². The average molecular weight is 191 g/mol. The van der Waals surface area contributed by atoms with E-state index in [-0.39, 0.29) is 5.57 Å². The van der Waals surface area contributed by atoms with Crippen LogP contribution in [0.2, 0.25) is 0 Å². The summed E-state index contributed by atoms with van der Waals surface area (Å²) >= 11 is 0. The Labute approximate surface area is 82.8 Å². The first-order chi connectivity index (χ1) is 6.54. The lowest BCUT2D eigenvalue weighted by Gasteiger charge is -2.16. The number of nitrogens with zero attached hydrogens (tertiary/aromatic N) is 1. The first-order valence-electron chi connectivity index (χ1n) is 4.10. The van der Waals surface area contributed by atoms with Crippen LogP contribution in [0.3, 0.4) is 0 Å². The summed E-state index contributed by atoms with van der Waals surface area (Å²) in [5.41, 5.74) is 6.78. The number of nitrogens with two attached hydrogens (primary N) is 2. The molecule has 0 heterocycles. The number of rotatable bonds is 3. The molecule has 4 nitrogen and oxygen atoms in total. The molecule has 0 aliphatic heterocycles. The SMILES string of the molecule is C=C(C(N)=O)c1ccccc1N(C)N. The molecule has 0 aliphatic rings. The lowest BCUT2D eigenvalue weighted by molar-refractivity contribution is -0.112. The monoisotopic (exact) mass is 191 g/mol. The van der Waals surface area contributed by atoms with E-state index >= 15 is 0 Å². The molecule has 0 atom stereocenters. The highest BCUT2D eigenvalue weighted by molar-refractivity contribution is 6.19. The lowest BCUT2D eigenvalue weighted by Crippen LogP contribution is -2.26. The van der Waals surface area contributed by atoms with Crippen molar-refractivity contribution in [2.45, 2.75) is 0 Å². The predicted molar refractivity (Wildman–Crippen MR) is 57.3 cm³/mol. The van der Waals surface area contributed by atoms with Crippen LogP contribution in [0.15, 0.2) is 30.8 Å². The highest BCUT2D eigenvalue weighted by Crippen LogP contribution is 2.23. The second kappa shape index (κ2) is 3.93. The molecule has 0 aromatic heterocycles. The van der Waals surface area contributed by atoms with Gasteiger partial charge >= 0.3 is 0 Å². The van der Waals surface area contributed by atoms with E-state index in [0.717, 1.165) is 5.69 Å². The minimum absolute atomic E-state index is 0.262. The zero-order valence-electron chi connectivity index (χ0n) is 8.03. The summed E-state index contributed by atoms with van der Waals surface area (Å²) in [5, 5.41) is 1.42. The normalized spacial score (nSPS) is 9.57. The maximum absolute atomic E-state index is 10.9. The van der Waals surface area contributed by atoms with Gasteiger partial charge in [0.25, 0.3) is 0 Å². The van der Waals surface area contributed by atoms with Gasteiger partial charge in [0.15, 0.2) is 0 Å². The van der Waals surface area contributed by atoms with E-state index < -0.39 is 5.91 Å². The standard InChI is InChI=1S/C10H13N3O/c1-7(10(11)14)8-5-3-4-6-9(8)13(2)12/h3-6H,1,12H2,2H3,(H2,11,14). The van der Waals surface area contributed by atoms with E-state index in [0.29, 0.717) is 5.56 Å². The molecule has 4 heteroatoms. The van der Waals surface area contributed by atoms with Crippen molar-refractivity contribution >= 4 is 17.2 Å². The van der Waals surface area contributed by atoms with Gasteiger partial charge in [0.05, 0.1) is 5.69 Å². The van der Waals surface area contributed by atoms with Crippen LogP contribution in [0.5, 0.6) is 0 Å². The Morgan fingerprint density at radius 2 is 2.00 bits per heavy atom. The van der Waals surface area contributed by atoms with Crippen molar-refractivity contribution in [3.63, 3.8) is 0 Å². The van der Waals surface area contributed by atoms with Crippen LogP contribution in [-0.4, -0.2) is 13.0 Å². The van der Waals surface area contributed by atoms with E-state index in [1.54, 1.807) is 25.2 Å². The van der Waals surface area contributed by atoms with Gasteiger partial charge < -0.3 is 10.7 Å². The fourth-order valence-corrected chi connectivity index (χ4v) is 1.17. The van der Waals surface area contributed by atoms with Crippen LogP contribution < -0.4 is 16.6 Å². The summed E-state index contributed by atoms with van der Waals surface area (Å²) in [4.78, 5) is 10.9. The number of para-hydroxylation sites is 1. The molecule has 0 fully saturated rings. The predicted octanol–water partition coefficient (Wildman–Crippen LogP) is 0.495. The lowest BCUT2D eigenvalue weighted by atomic mass is 10.0. The molecule has 0 spiro atoms. The third-order valence-corrected chi connectivity index (χ3v) is 1.91. The van der Waals surface area contributed by atoms with Crippen molar-refractivity contribution in [1.29, 1.82) is 0 Å². The maximum Gasteiger partial charge on any atom is 0.248 e. The maximum atomic E-state index is 10.9. The minimum Gasteiger partial charge on any atom is -0.366 e. The van der Waals surface area contributed by atoms with Crippen molar-refractivity contribution in [3.8, 4) is 0 Å². The quantitative estimate of drug-likeness (QED) is 0.415. The van der Waals surface area contributed by atoms with Gasteiger partial charge in [0, 0.05) is 18.2 Å². The number of carbonyl (C=O) groups is 1. The summed E-state index contributed by atoms with van der Waals surface area (Å²) in [6.45, 7) is 3.61. The number of hydrogen-bond acceptors (Lipinski definition) is 3. The third-order valence-electron chi connectivity index (χ3n) is 1.91. The Morgan fingerprint density at radius 1 is 1.43 bits per heavy atom. The van der Waals surface area contributed by atoms with Crippen LogP contribution in [-0.2, 0) is 4.79 Å². The van der Waals surface area contributed by atoms with Gasteiger partial charge in [-0.25, -0.2) is 5.84 Å². The number of amides is 1. The van der Waals surface area contributed by atoms with Gasteiger partial charge in [0.1, 0.15) is 0 Å². The Bertz CT molecular complexity index is 371. The van der Waals surface area contributed by atoms with Crippen LogP contribution in [0, 0.1) is 0 Å². The summed E-state index contributed by atoms with van der Waals surface area (Å²) in [6.07, 6.45) is 0. The summed E-state index contributed by atoms with van der Waals surface area (Å²) < 4.78 is 0. The molecule has 1 aromatic carbocycles. The van der Waals surface area contributed by atoms with E-state index in [1.807, 2.05) is 6.07 Å². The number of hydrogen-bond donors (Lipinski definition) is 2. The number of benzene rings is 1. The van der Waals surface area contributed by atoms with Gasteiger partial charge in [-0.05, 0) is 6.07 Å². The molecule has 1 amide bonds. The Hall–Kier alpha value is -1.81. The highest BCUT2D eigenvalue weighted by Gasteiger charge is 2.10. The molecule has 14 heavy (non-hydrogen) atoms. The number of primary amides is 1. The van der Waals surface area contributed by atoms with Crippen LogP contribution in [0.25, 0.3) is 5.57 Å². The average Bonchev–Trinajstić information content (AvgIpc) is 2.16. The Morgan fingerprint density at radius 3 is 2.50 bits per heavy atom. The van der Waals surface area contributed by atoms with Crippen molar-refractivity contribution in [1.82, 2.24) is 0 Å². The Kier molecular flexibility index (Phi) is 2.89. The molecule has 1 aromatic rings. The smallest absolute Gasteiger partial charge is 0.248 e. The summed E-state index contributed by atoms with van der Waals surface area (Å²) in [7, 11) is 1.69. The molecule has 0 bridgehead atoms. The van der Waals surface area contributed by atoms with Gasteiger partial charge in [0.2, 0.25) is 5.91 Å². The molecule has 4 N–H and O–H groups in total. The number of anilines is 1. The van der Waals surface area contributed by atoms with Crippen molar-refractivity contribution in [3.05, 3.63) is 36.4 Å². The molecular formula is C10H13N3O. The van der Waals surface area contributed by atoms with Crippen molar-refractivity contribution in [2.24, 2.45) is 11.6 Å². The molecule has 0 radical (unpaired) electrons. The fourth-order valence-electron chi connectivity index (χ4n) is 1.17. The van der Waals surface area contributed by atoms with Crippen molar-refractivity contribution in [2.75, 3.05) is 12.1 Å². The van der Waals surface area contributed by atoms with Crippen LogP contribution in [0.1, 0.15) is 5.56 Å². The van der Waals surface area contributed by atoms with Crippen molar-refractivity contribution < 1.29 is 4.79 Å². The molecule has 0 unspecified atom stereocenters. The summed E-state index contributed by atoms with van der Waals surface area (Å²) in [6, 6.07) is 7.18. The zero-order chi connectivity index (χ0) is 10.7. The molecule has 1 rings (SSSR count). The van der Waals surface area contributed by atoms with Gasteiger partial charge in [-0.3, -0.25) is 4.79 Å². The largest absolute Gasteiger partial charge is 0.366 e. The molecule has 0 saturated carbocycles. The van der Waals surface area contributed by atoms with Gasteiger partial charge in [-0.2, -0.15) is 0 Å². The second-order valence-electron chi connectivity index (χ2n) is 2.97. The first-order valence-corrected chi connectivity index (χ1v) is 4.10. The molecule has 0 saturated heterocycles. The number of hydrazine groups is 1. The van der Waals surface area contributed by atoms with Crippen LogP contribution >= 0.6 is 0 Å². The van der Waals surface area contributed by atoms with Gasteiger partial charge in [-0.15, -0.1) is 0 Å². The number of carbonyl (C=O) groups excluding carboxylic acids is 1. The Balaban J connectivity index is 3.20. The zero-order valence-corrected chi connectivity index (χ0v) is 8.03. The van der Waals surface area contributed by atoms with E-state index in [4.69, 9.17) is 11.6 Å². The molecular weight excluding hydrogens is 178 g/mol. The second-order valence-corrected chi connectivity index (χ2v) is 2.97. The summed E-state index contributed by atoms with van der Waals surface area (Å²) in [5.74, 6) is 5.05. The van der Waals surface area contributed by atoms with Crippen LogP contribution in [0.4, 0.5) is 5.69 Å². The van der Waals surface area contributed by atoms with E-state index in [9.17, 15) is 4.79 Å². The third kappa shape index (κ3) is 1.92.